The molecular weight excluding hydrogens is 348 g/mol. The lowest BCUT2D eigenvalue weighted by Crippen LogP contribution is -2.47. The number of sulfonamides is 1. The van der Waals surface area contributed by atoms with Gasteiger partial charge in [0.05, 0.1) is 9.82 Å². The van der Waals surface area contributed by atoms with Crippen molar-refractivity contribution < 1.29 is 13.3 Å². The molecule has 0 atom stereocenters. The van der Waals surface area contributed by atoms with Crippen LogP contribution in [0.5, 0.6) is 0 Å². The summed E-state index contributed by atoms with van der Waals surface area (Å²) >= 11 is 0. The van der Waals surface area contributed by atoms with E-state index in [0.717, 1.165) is 6.07 Å². The Morgan fingerprint density at radius 3 is 2.24 bits per heavy atom. The number of aromatic nitrogens is 2. The highest BCUT2D eigenvalue weighted by Crippen LogP contribution is 2.31. The number of nitro groups is 1. The molecule has 0 radical (unpaired) electrons. The molecule has 1 saturated heterocycles. The van der Waals surface area contributed by atoms with Gasteiger partial charge in [-0.2, -0.15) is 0 Å². The van der Waals surface area contributed by atoms with Crippen molar-refractivity contribution in [2.45, 2.75) is 4.90 Å². The van der Waals surface area contributed by atoms with Crippen molar-refractivity contribution in [2.24, 2.45) is 5.14 Å². The summed E-state index contributed by atoms with van der Waals surface area (Å²) in [7, 11) is -4.00. The number of anilines is 2. The first kappa shape index (κ1) is 17.0. The van der Waals surface area contributed by atoms with Gasteiger partial charge in [-0.25, -0.2) is 23.5 Å². The van der Waals surface area contributed by atoms with Gasteiger partial charge in [0.1, 0.15) is 5.69 Å². The van der Waals surface area contributed by atoms with Crippen molar-refractivity contribution in [3.63, 3.8) is 0 Å². The molecule has 0 spiro atoms. The maximum atomic E-state index is 11.4. The molecule has 132 valence electrons. The van der Waals surface area contributed by atoms with Crippen LogP contribution >= 0.6 is 0 Å². The fraction of sp³-hybridized carbons (Fsp3) is 0.286. The Kier molecular flexibility index (Phi) is 4.51. The van der Waals surface area contributed by atoms with E-state index in [1.165, 1.54) is 12.1 Å². The van der Waals surface area contributed by atoms with E-state index in [1.807, 2.05) is 9.80 Å². The topological polar surface area (TPSA) is 136 Å². The standard InChI is InChI=1S/C14H16N6O4S/c15-25(23,24)11-2-3-12(13(10-11)20(21)22)18-6-8-19(9-7-18)14-16-4-1-5-17-14/h1-5,10H,6-9H2,(H2,15,23,24). The Morgan fingerprint density at radius 1 is 1.08 bits per heavy atom. The molecule has 2 heterocycles. The molecule has 25 heavy (non-hydrogen) atoms. The van der Waals surface area contributed by atoms with E-state index in [0.29, 0.717) is 37.8 Å². The third-order valence-electron chi connectivity index (χ3n) is 3.93. The molecule has 1 aliphatic heterocycles. The average molecular weight is 364 g/mol. The lowest BCUT2D eigenvalue weighted by molar-refractivity contribution is -0.384. The monoisotopic (exact) mass is 364 g/mol. The smallest absolute Gasteiger partial charge is 0.293 e. The van der Waals surface area contributed by atoms with Crippen LogP contribution in [0.1, 0.15) is 0 Å². The molecule has 0 unspecified atom stereocenters. The quantitative estimate of drug-likeness (QED) is 0.607. The largest absolute Gasteiger partial charge is 0.362 e. The van der Waals surface area contributed by atoms with Crippen molar-refractivity contribution in [1.29, 1.82) is 0 Å². The van der Waals surface area contributed by atoms with Gasteiger partial charge in [0, 0.05) is 44.6 Å². The van der Waals surface area contributed by atoms with Gasteiger partial charge in [0.2, 0.25) is 16.0 Å². The summed E-state index contributed by atoms with van der Waals surface area (Å²) in [4.78, 5) is 22.7. The molecule has 10 nitrogen and oxygen atoms in total. The van der Waals surface area contributed by atoms with E-state index in [4.69, 9.17) is 5.14 Å². The first-order chi connectivity index (χ1) is 11.9. The van der Waals surface area contributed by atoms with E-state index in [-0.39, 0.29) is 10.6 Å². The van der Waals surface area contributed by atoms with Gasteiger partial charge in [-0.1, -0.05) is 0 Å². The molecule has 0 bridgehead atoms. The highest BCUT2D eigenvalue weighted by molar-refractivity contribution is 7.89. The van der Waals surface area contributed by atoms with Gasteiger partial charge in [-0.05, 0) is 18.2 Å². The van der Waals surface area contributed by atoms with Crippen molar-refractivity contribution in [3.8, 4) is 0 Å². The van der Waals surface area contributed by atoms with Gasteiger partial charge >= 0.3 is 0 Å². The number of rotatable bonds is 4. The Bertz CT molecular complexity index is 881. The fourth-order valence-electron chi connectivity index (χ4n) is 2.70. The van der Waals surface area contributed by atoms with E-state index >= 15 is 0 Å². The van der Waals surface area contributed by atoms with Gasteiger partial charge in [0.25, 0.3) is 5.69 Å². The van der Waals surface area contributed by atoms with Crippen LogP contribution in [0.3, 0.4) is 0 Å². The zero-order valence-electron chi connectivity index (χ0n) is 13.1. The highest BCUT2D eigenvalue weighted by atomic mass is 32.2. The Morgan fingerprint density at radius 2 is 1.68 bits per heavy atom. The SMILES string of the molecule is NS(=O)(=O)c1ccc(N2CCN(c3ncccn3)CC2)c([N+](=O)[O-])c1. The first-order valence-electron chi connectivity index (χ1n) is 7.44. The number of nitro benzene ring substituents is 1. The van der Waals surface area contributed by atoms with Crippen molar-refractivity contribution >= 4 is 27.3 Å². The van der Waals surface area contributed by atoms with Crippen molar-refractivity contribution in [2.75, 3.05) is 36.0 Å². The first-order valence-corrected chi connectivity index (χ1v) is 8.99. The predicted molar refractivity (Wildman–Crippen MR) is 90.9 cm³/mol. The number of piperazine rings is 1. The maximum absolute atomic E-state index is 11.4. The number of hydrogen-bond acceptors (Lipinski definition) is 8. The van der Waals surface area contributed by atoms with Crippen LogP contribution in [0.15, 0.2) is 41.6 Å². The summed E-state index contributed by atoms with van der Waals surface area (Å²) in [5.74, 6) is 0.612. The third-order valence-corrected chi connectivity index (χ3v) is 4.84. The summed E-state index contributed by atoms with van der Waals surface area (Å²) in [5, 5.41) is 16.4. The number of benzene rings is 1. The molecule has 2 N–H and O–H groups in total. The van der Waals surface area contributed by atoms with Crippen LogP contribution in [0.4, 0.5) is 17.3 Å². The fourth-order valence-corrected chi connectivity index (χ4v) is 3.23. The van der Waals surface area contributed by atoms with Gasteiger partial charge in [-0.15, -0.1) is 0 Å². The van der Waals surface area contributed by atoms with Crippen LogP contribution in [0.2, 0.25) is 0 Å². The molecule has 1 aromatic carbocycles. The molecule has 11 heteroatoms. The molecular formula is C14H16N6O4S. The lowest BCUT2D eigenvalue weighted by Gasteiger charge is -2.35. The minimum atomic E-state index is -4.00. The van der Waals surface area contributed by atoms with Gasteiger partial charge in [-0.3, -0.25) is 10.1 Å². The van der Waals surface area contributed by atoms with Crippen molar-refractivity contribution in [1.82, 2.24) is 9.97 Å². The van der Waals surface area contributed by atoms with Crippen LogP contribution in [-0.4, -0.2) is 49.5 Å². The Hall–Kier alpha value is -2.79. The predicted octanol–water partition coefficient (Wildman–Crippen LogP) is 0.359. The second kappa shape index (κ2) is 6.61. The van der Waals surface area contributed by atoms with Crippen LogP contribution < -0.4 is 14.9 Å². The van der Waals surface area contributed by atoms with E-state index in [9.17, 15) is 18.5 Å². The lowest BCUT2D eigenvalue weighted by atomic mass is 10.2. The van der Waals surface area contributed by atoms with E-state index in [2.05, 4.69) is 9.97 Å². The second-order valence-corrected chi connectivity index (χ2v) is 7.04. The van der Waals surface area contributed by atoms with Gasteiger partial charge < -0.3 is 9.80 Å². The minimum absolute atomic E-state index is 0.278. The zero-order chi connectivity index (χ0) is 18.0. The third kappa shape index (κ3) is 3.67. The highest BCUT2D eigenvalue weighted by Gasteiger charge is 2.26. The molecule has 0 saturated carbocycles. The number of hydrogen-bond donors (Lipinski definition) is 1. The summed E-state index contributed by atoms with van der Waals surface area (Å²) in [6.07, 6.45) is 3.32. The second-order valence-electron chi connectivity index (χ2n) is 5.48. The Labute approximate surface area is 144 Å². The molecule has 1 aromatic heterocycles. The molecule has 2 aromatic rings. The van der Waals surface area contributed by atoms with Crippen LogP contribution in [0, 0.1) is 10.1 Å². The molecule has 1 aliphatic rings. The van der Waals surface area contributed by atoms with E-state index < -0.39 is 14.9 Å². The summed E-state index contributed by atoms with van der Waals surface area (Å²) in [5.41, 5.74) is 0.0852. The normalized spacial score (nSPS) is 15.2. The summed E-state index contributed by atoms with van der Waals surface area (Å²) in [6, 6.07) is 5.43. The molecule has 1 fully saturated rings. The van der Waals surface area contributed by atoms with Gasteiger partial charge in [0.15, 0.2) is 0 Å². The summed E-state index contributed by atoms with van der Waals surface area (Å²) < 4.78 is 22.8. The Balaban J connectivity index is 1.82. The number of nitrogens with zero attached hydrogens (tertiary/aromatic N) is 5. The molecule has 0 amide bonds. The van der Waals surface area contributed by atoms with Crippen LogP contribution in [0.25, 0.3) is 0 Å². The molecule has 3 rings (SSSR count). The number of primary sulfonamides is 1. The van der Waals surface area contributed by atoms with Crippen LogP contribution in [-0.2, 0) is 10.0 Å². The minimum Gasteiger partial charge on any atom is -0.362 e. The summed E-state index contributed by atoms with van der Waals surface area (Å²) in [6.45, 7) is 2.23. The average Bonchev–Trinajstić information content (AvgIpc) is 2.61. The number of nitrogens with two attached hydrogens (primary N) is 1. The van der Waals surface area contributed by atoms with Crippen molar-refractivity contribution in [3.05, 3.63) is 46.8 Å². The maximum Gasteiger partial charge on any atom is 0.293 e. The zero-order valence-corrected chi connectivity index (χ0v) is 14.0. The molecule has 0 aliphatic carbocycles. The van der Waals surface area contributed by atoms with E-state index in [1.54, 1.807) is 18.5 Å².